The summed E-state index contributed by atoms with van der Waals surface area (Å²) in [4.78, 5) is 1.09. The van der Waals surface area contributed by atoms with Gasteiger partial charge < -0.3 is 5.11 Å². The highest BCUT2D eigenvalue weighted by molar-refractivity contribution is 7.98. The Kier molecular flexibility index (Phi) is 4.30. The van der Waals surface area contributed by atoms with Crippen LogP contribution in [0, 0.1) is 0 Å². The van der Waals surface area contributed by atoms with E-state index >= 15 is 0 Å². The Morgan fingerprint density at radius 1 is 0.882 bits per heavy atom. The number of rotatable bonds is 3. The van der Waals surface area contributed by atoms with Crippen LogP contribution in [0.4, 0.5) is 0 Å². The van der Waals surface area contributed by atoms with Gasteiger partial charge in [0, 0.05) is 4.90 Å². The number of aliphatic hydroxyl groups excluding tert-OH is 1. The summed E-state index contributed by atoms with van der Waals surface area (Å²) in [5.41, 5.74) is 1.09. The van der Waals surface area contributed by atoms with Crippen molar-refractivity contribution >= 4 is 22.5 Å². The molecule has 0 spiro atoms. The molecule has 86 valence electrons. The minimum atomic E-state index is 0.347. The molecule has 0 amide bonds. The molecule has 0 aromatic heterocycles. The molecule has 2 aromatic carbocycles. The van der Waals surface area contributed by atoms with Crippen LogP contribution in [0.2, 0.25) is 0 Å². The second kappa shape index (κ2) is 6.18. The van der Waals surface area contributed by atoms with E-state index < -0.39 is 0 Å². The van der Waals surface area contributed by atoms with E-state index in [-0.39, 0.29) is 0 Å². The van der Waals surface area contributed by atoms with Crippen LogP contribution in [0.15, 0.2) is 71.6 Å². The molecule has 1 N–H and O–H groups in total. The van der Waals surface area contributed by atoms with Crippen LogP contribution >= 0.6 is 11.4 Å². The Balaban J connectivity index is 2.09. The van der Waals surface area contributed by atoms with Gasteiger partial charge in [-0.2, -0.15) is 0 Å². The van der Waals surface area contributed by atoms with Gasteiger partial charge in [0.1, 0.15) is 0 Å². The summed E-state index contributed by atoms with van der Waals surface area (Å²) in [7, 11) is 0. The zero-order chi connectivity index (χ0) is 11.9. The Bertz CT molecular complexity index is 515. The molecule has 1 nitrogen and oxygen atoms in total. The Hall–Kier alpha value is -1.64. The van der Waals surface area contributed by atoms with E-state index in [2.05, 4.69) is 0 Å². The van der Waals surface area contributed by atoms with E-state index in [1.807, 2.05) is 66.7 Å². The van der Waals surface area contributed by atoms with Gasteiger partial charge in [-0.3, -0.25) is 0 Å². The number of aliphatic hydroxyl groups is 1. The average Bonchev–Trinajstić information content (AvgIpc) is 2.39. The molecule has 0 radical (unpaired) electrons. The lowest BCUT2D eigenvalue weighted by atomic mass is 10.2. The first kappa shape index (κ1) is 11.8. The first-order valence-electron chi connectivity index (χ1n) is 5.40. The minimum absolute atomic E-state index is 0.347. The maximum absolute atomic E-state index is 9.78. The van der Waals surface area contributed by atoms with Crippen molar-refractivity contribution in [3.63, 3.8) is 0 Å². The first-order chi connectivity index (χ1) is 8.34. The third-order valence-electron chi connectivity index (χ3n) is 2.22. The van der Waals surface area contributed by atoms with Gasteiger partial charge >= 0.3 is 0 Å². The molecular formula is C15H14OS. The van der Waals surface area contributed by atoms with Crippen LogP contribution in [0.1, 0.15) is 5.56 Å². The van der Waals surface area contributed by atoms with E-state index in [1.54, 1.807) is 6.08 Å². The SMILES string of the molecule is OC(C=Cc1ccccc1)=[SH]c1ccccc1. The van der Waals surface area contributed by atoms with Crippen molar-refractivity contribution < 1.29 is 5.11 Å². The van der Waals surface area contributed by atoms with Crippen LogP contribution in [-0.2, 0) is 0 Å². The first-order valence-corrected chi connectivity index (χ1v) is 6.30. The zero-order valence-corrected chi connectivity index (χ0v) is 10.2. The third-order valence-corrected chi connectivity index (χ3v) is 3.16. The quantitative estimate of drug-likeness (QED) is 0.475. The summed E-state index contributed by atoms with van der Waals surface area (Å²) in [6.45, 7) is 0. The summed E-state index contributed by atoms with van der Waals surface area (Å²) in [5, 5.41) is 10.1. The molecule has 0 saturated carbocycles. The van der Waals surface area contributed by atoms with Crippen molar-refractivity contribution in [3.8, 4) is 0 Å². The van der Waals surface area contributed by atoms with Gasteiger partial charge in [-0.05, 0) is 23.8 Å². The highest BCUT2D eigenvalue weighted by Gasteiger charge is 1.88. The van der Waals surface area contributed by atoms with Crippen LogP contribution < -0.4 is 0 Å². The van der Waals surface area contributed by atoms with Crippen molar-refractivity contribution in [2.45, 2.75) is 4.90 Å². The standard InChI is InChI=1S/C15H14OS/c16-15(17-14-9-5-2-6-10-14)12-11-13-7-3-1-4-8-13/h1-12,16-17H. The molecule has 0 heterocycles. The predicted octanol–water partition coefficient (Wildman–Crippen LogP) is 3.91. The molecule has 0 aliphatic heterocycles. The van der Waals surface area contributed by atoms with Crippen LogP contribution in [-0.4, -0.2) is 10.2 Å². The van der Waals surface area contributed by atoms with Gasteiger partial charge in [-0.15, -0.1) is 11.4 Å². The average molecular weight is 242 g/mol. The van der Waals surface area contributed by atoms with Gasteiger partial charge in [0.25, 0.3) is 0 Å². The number of thiol groups is 1. The van der Waals surface area contributed by atoms with E-state index in [4.69, 9.17) is 0 Å². The lowest BCUT2D eigenvalue weighted by Crippen LogP contribution is -1.85. The third kappa shape index (κ3) is 4.02. The molecule has 0 bridgehead atoms. The Morgan fingerprint density at radius 3 is 2.12 bits per heavy atom. The highest BCUT2D eigenvalue weighted by Crippen LogP contribution is 2.11. The fourth-order valence-electron chi connectivity index (χ4n) is 1.41. The molecule has 0 unspecified atom stereocenters. The van der Waals surface area contributed by atoms with Crippen molar-refractivity contribution in [1.29, 1.82) is 0 Å². The molecule has 2 aromatic rings. The van der Waals surface area contributed by atoms with Crippen LogP contribution in [0.5, 0.6) is 0 Å². The fourth-order valence-corrected chi connectivity index (χ4v) is 2.14. The molecular weight excluding hydrogens is 228 g/mol. The summed E-state index contributed by atoms with van der Waals surface area (Å²) < 4.78 is 0. The van der Waals surface area contributed by atoms with Crippen LogP contribution in [0.25, 0.3) is 6.08 Å². The Labute approximate surface area is 105 Å². The summed E-state index contributed by atoms with van der Waals surface area (Å²) in [6, 6.07) is 19.8. The largest absolute Gasteiger partial charge is 0.355 e. The van der Waals surface area contributed by atoms with Gasteiger partial charge in [0.05, 0.1) is 5.05 Å². The number of benzene rings is 2. The van der Waals surface area contributed by atoms with Gasteiger partial charge in [0.15, 0.2) is 0 Å². The minimum Gasteiger partial charge on any atom is -0.355 e. The highest BCUT2D eigenvalue weighted by atomic mass is 32.1. The number of hydrogen-bond donors (Lipinski definition) is 2. The van der Waals surface area contributed by atoms with Crippen molar-refractivity contribution in [2.75, 3.05) is 0 Å². The molecule has 2 heteroatoms. The number of hydrogen-bond acceptors (Lipinski definition) is 0. The molecule has 0 atom stereocenters. The summed E-state index contributed by atoms with van der Waals surface area (Å²) in [5.74, 6) is 0. The molecule has 0 fully saturated rings. The summed E-state index contributed by atoms with van der Waals surface area (Å²) in [6.07, 6.45) is 3.65. The maximum atomic E-state index is 9.78. The molecule has 0 aliphatic carbocycles. The fraction of sp³-hybridized carbons (Fsp3) is 0. The summed E-state index contributed by atoms with van der Waals surface area (Å²) >= 11 is 0.832. The van der Waals surface area contributed by atoms with E-state index in [0.717, 1.165) is 21.8 Å². The van der Waals surface area contributed by atoms with E-state index in [0.29, 0.717) is 5.05 Å². The van der Waals surface area contributed by atoms with E-state index in [9.17, 15) is 5.11 Å². The van der Waals surface area contributed by atoms with Crippen molar-refractivity contribution in [3.05, 3.63) is 72.3 Å². The predicted molar refractivity (Wildman–Crippen MR) is 76.8 cm³/mol. The van der Waals surface area contributed by atoms with Gasteiger partial charge in [-0.1, -0.05) is 54.6 Å². The second-order valence-electron chi connectivity index (χ2n) is 3.55. The zero-order valence-electron chi connectivity index (χ0n) is 9.32. The molecule has 17 heavy (non-hydrogen) atoms. The van der Waals surface area contributed by atoms with Crippen LogP contribution in [0.3, 0.4) is 0 Å². The topological polar surface area (TPSA) is 20.2 Å². The van der Waals surface area contributed by atoms with Crippen molar-refractivity contribution in [2.24, 2.45) is 0 Å². The van der Waals surface area contributed by atoms with Gasteiger partial charge in [0.2, 0.25) is 0 Å². The molecule has 0 saturated heterocycles. The van der Waals surface area contributed by atoms with Crippen molar-refractivity contribution in [1.82, 2.24) is 0 Å². The normalized spacial score (nSPS) is 12.4. The smallest absolute Gasteiger partial charge is 0.0971 e. The lowest BCUT2D eigenvalue weighted by Gasteiger charge is -1.95. The van der Waals surface area contributed by atoms with Gasteiger partial charge in [-0.25, -0.2) is 0 Å². The van der Waals surface area contributed by atoms with E-state index in [1.165, 1.54) is 0 Å². The second-order valence-corrected chi connectivity index (χ2v) is 4.75. The Morgan fingerprint density at radius 2 is 1.47 bits per heavy atom. The maximum Gasteiger partial charge on any atom is 0.0971 e. The molecule has 2 rings (SSSR count). The monoisotopic (exact) mass is 242 g/mol. The molecule has 0 aliphatic rings. The lowest BCUT2D eigenvalue weighted by molar-refractivity contribution is 0.574.